The Labute approximate surface area is 75.4 Å². The fourth-order valence-electron chi connectivity index (χ4n) is 0.621. The predicted octanol–water partition coefficient (Wildman–Crippen LogP) is 2.82. The zero-order chi connectivity index (χ0) is 9.35. The van der Waals surface area contributed by atoms with Crippen molar-refractivity contribution in [1.82, 2.24) is 9.97 Å². The zero-order valence-corrected chi connectivity index (χ0v) is 7.16. The predicted molar refractivity (Wildman–Crippen MR) is 41.8 cm³/mol. The molecule has 0 aliphatic heterocycles. The first-order valence-electron chi connectivity index (χ1n) is 2.80. The van der Waals surface area contributed by atoms with Gasteiger partial charge in [0.2, 0.25) is 0 Å². The van der Waals surface area contributed by atoms with Crippen LogP contribution in [-0.2, 0) is 6.18 Å². The lowest BCUT2D eigenvalue weighted by atomic mass is 10.4. The quantitative estimate of drug-likeness (QED) is 0.648. The Morgan fingerprint density at radius 3 is 2.17 bits per heavy atom. The first-order valence-corrected chi connectivity index (χ1v) is 3.62. The molecule has 2 N–H and O–H groups in total. The van der Waals surface area contributed by atoms with Gasteiger partial charge in [-0.3, -0.25) is 0 Å². The van der Waals surface area contributed by atoms with E-state index in [1.165, 1.54) is 0 Å². The second-order valence-electron chi connectivity index (χ2n) is 2.00. The van der Waals surface area contributed by atoms with Gasteiger partial charge in [-0.05, 0) is 12.2 Å². The standard InChI is InChI=1S/C5H3F3N2S2/c6-5(7,8)2-1-3(11)10-4(12)9-2/h1H,(H2,9,10,11,12). The molecule has 0 aliphatic rings. The average Bonchev–Trinajstić information content (AvgIpc) is 1.82. The molecule has 0 aliphatic carbocycles. The highest BCUT2D eigenvalue weighted by Gasteiger charge is 2.31. The van der Waals surface area contributed by atoms with Crippen molar-refractivity contribution in [1.29, 1.82) is 0 Å². The van der Waals surface area contributed by atoms with Crippen LogP contribution in [-0.4, -0.2) is 9.97 Å². The van der Waals surface area contributed by atoms with Gasteiger partial charge in [-0.2, -0.15) is 13.2 Å². The number of aromatic amines is 2. The zero-order valence-electron chi connectivity index (χ0n) is 5.53. The minimum absolute atomic E-state index is 0.0360. The van der Waals surface area contributed by atoms with E-state index in [1.54, 1.807) is 0 Å². The third kappa shape index (κ3) is 2.15. The van der Waals surface area contributed by atoms with Crippen LogP contribution in [0.2, 0.25) is 0 Å². The van der Waals surface area contributed by atoms with E-state index >= 15 is 0 Å². The van der Waals surface area contributed by atoms with E-state index in [2.05, 4.69) is 29.4 Å². The summed E-state index contributed by atoms with van der Waals surface area (Å²) in [5.41, 5.74) is -0.934. The molecule has 0 radical (unpaired) electrons. The van der Waals surface area contributed by atoms with Gasteiger partial charge >= 0.3 is 6.18 Å². The maximum Gasteiger partial charge on any atom is 0.431 e. The highest BCUT2D eigenvalue weighted by molar-refractivity contribution is 7.72. The molecule has 0 bridgehead atoms. The molecule has 0 spiro atoms. The van der Waals surface area contributed by atoms with Crippen LogP contribution in [0.1, 0.15) is 5.69 Å². The van der Waals surface area contributed by atoms with Crippen LogP contribution in [0.15, 0.2) is 6.07 Å². The molecule has 0 unspecified atom stereocenters. The third-order valence-corrected chi connectivity index (χ3v) is 1.49. The van der Waals surface area contributed by atoms with Crippen molar-refractivity contribution >= 4 is 24.4 Å². The number of aromatic nitrogens is 2. The van der Waals surface area contributed by atoms with Crippen molar-refractivity contribution < 1.29 is 13.2 Å². The molecule has 0 saturated heterocycles. The van der Waals surface area contributed by atoms with Crippen LogP contribution in [0, 0.1) is 9.41 Å². The van der Waals surface area contributed by atoms with Crippen LogP contribution < -0.4 is 0 Å². The fourth-order valence-corrected chi connectivity index (χ4v) is 1.13. The number of H-pyrrole nitrogens is 2. The van der Waals surface area contributed by atoms with E-state index in [-0.39, 0.29) is 9.41 Å². The number of hydrogen-bond donors (Lipinski definition) is 2. The van der Waals surface area contributed by atoms with Crippen molar-refractivity contribution in [3.63, 3.8) is 0 Å². The summed E-state index contributed by atoms with van der Waals surface area (Å²) in [5, 5.41) is 0. The van der Waals surface area contributed by atoms with Crippen molar-refractivity contribution in [3.8, 4) is 0 Å². The maximum atomic E-state index is 12.0. The van der Waals surface area contributed by atoms with E-state index in [9.17, 15) is 13.2 Å². The van der Waals surface area contributed by atoms with E-state index < -0.39 is 11.9 Å². The summed E-state index contributed by atoms with van der Waals surface area (Å²) in [5.74, 6) is 0. The SMILES string of the molecule is FC(F)(F)c1cc(=S)[nH]c(=S)[nH]1. The summed E-state index contributed by atoms with van der Waals surface area (Å²) in [7, 11) is 0. The van der Waals surface area contributed by atoms with E-state index in [1.807, 2.05) is 4.98 Å². The Hall–Kier alpha value is -0.690. The molecule has 0 saturated carbocycles. The third-order valence-electron chi connectivity index (χ3n) is 1.07. The summed E-state index contributed by atoms with van der Waals surface area (Å²) >= 11 is 8.99. The lowest BCUT2D eigenvalue weighted by Gasteiger charge is -2.04. The molecule has 7 heteroatoms. The van der Waals surface area contributed by atoms with Crippen LogP contribution in [0.4, 0.5) is 13.2 Å². The second kappa shape index (κ2) is 2.98. The Balaban J connectivity index is 3.37. The Morgan fingerprint density at radius 1 is 1.17 bits per heavy atom. The van der Waals surface area contributed by atoms with Gasteiger partial charge in [0.1, 0.15) is 10.3 Å². The first-order chi connectivity index (χ1) is 5.39. The molecular formula is C5H3F3N2S2. The molecule has 1 heterocycles. The molecule has 12 heavy (non-hydrogen) atoms. The molecule has 1 aromatic rings. The molecular weight excluding hydrogens is 209 g/mol. The average molecular weight is 212 g/mol. The second-order valence-corrected chi connectivity index (χ2v) is 2.85. The lowest BCUT2D eigenvalue weighted by molar-refractivity contribution is -0.141. The fraction of sp³-hybridized carbons (Fsp3) is 0.200. The summed E-state index contributed by atoms with van der Waals surface area (Å²) in [6.07, 6.45) is -4.43. The topological polar surface area (TPSA) is 31.6 Å². The Bertz CT molecular complexity index is 360. The number of rotatable bonds is 0. The van der Waals surface area contributed by atoms with Crippen LogP contribution in [0.5, 0.6) is 0 Å². The Morgan fingerprint density at radius 2 is 1.75 bits per heavy atom. The summed E-state index contributed by atoms with van der Waals surface area (Å²) in [4.78, 5) is 4.31. The molecule has 0 amide bonds. The Kier molecular flexibility index (Phi) is 2.34. The normalized spacial score (nSPS) is 11.6. The summed E-state index contributed by atoms with van der Waals surface area (Å²) in [6.45, 7) is 0. The number of alkyl halides is 3. The van der Waals surface area contributed by atoms with Gasteiger partial charge in [0.05, 0.1) is 0 Å². The molecule has 1 aromatic heterocycles. The van der Waals surface area contributed by atoms with E-state index in [0.29, 0.717) is 0 Å². The van der Waals surface area contributed by atoms with Gasteiger partial charge in [-0.15, -0.1) is 0 Å². The minimum atomic E-state index is -4.43. The molecule has 0 aromatic carbocycles. The molecule has 66 valence electrons. The van der Waals surface area contributed by atoms with Crippen LogP contribution >= 0.6 is 24.4 Å². The monoisotopic (exact) mass is 212 g/mol. The summed E-state index contributed by atoms with van der Waals surface area (Å²) in [6, 6.07) is 0.783. The highest BCUT2D eigenvalue weighted by Crippen LogP contribution is 2.26. The number of halogens is 3. The van der Waals surface area contributed by atoms with E-state index in [4.69, 9.17) is 0 Å². The molecule has 0 atom stereocenters. The smallest absolute Gasteiger partial charge is 0.328 e. The number of nitrogens with one attached hydrogen (secondary N) is 2. The van der Waals surface area contributed by atoms with E-state index in [0.717, 1.165) is 6.07 Å². The van der Waals surface area contributed by atoms with Crippen molar-refractivity contribution in [2.45, 2.75) is 6.18 Å². The van der Waals surface area contributed by atoms with Gasteiger partial charge in [-0.25, -0.2) is 0 Å². The van der Waals surface area contributed by atoms with Crippen LogP contribution in [0.25, 0.3) is 0 Å². The molecule has 2 nitrogen and oxygen atoms in total. The van der Waals surface area contributed by atoms with Crippen molar-refractivity contribution in [2.75, 3.05) is 0 Å². The van der Waals surface area contributed by atoms with Gasteiger partial charge in [0.25, 0.3) is 0 Å². The largest absolute Gasteiger partial charge is 0.431 e. The first kappa shape index (κ1) is 9.40. The molecule has 0 fully saturated rings. The maximum absolute atomic E-state index is 12.0. The lowest BCUT2D eigenvalue weighted by Crippen LogP contribution is -2.08. The minimum Gasteiger partial charge on any atom is -0.328 e. The van der Waals surface area contributed by atoms with Crippen molar-refractivity contribution in [3.05, 3.63) is 21.2 Å². The van der Waals surface area contributed by atoms with Gasteiger partial charge in [0, 0.05) is 6.07 Å². The van der Waals surface area contributed by atoms with Crippen LogP contribution in [0.3, 0.4) is 0 Å². The van der Waals surface area contributed by atoms with Gasteiger partial charge < -0.3 is 9.97 Å². The summed E-state index contributed by atoms with van der Waals surface area (Å²) < 4.78 is 35.9. The van der Waals surface area contributed by atoms with Crippen molar-refractivity contribution in [2.24, 2.45) is 0 Å². The number of hydrogen-bond acceptors (Lipinski definition) is 2. The highest BCUT2D eigenvalue weighted by atomic mass is 32.1. The van der Waals surface area contributed by atoms with Gasteiger partial charge in [0.15, 0.2) is 4.77 Å². The molecule has 1 rings (SSSR count). The van der Waals surface area contributed by atoms with Gasteiger partial charge in [-0.1, -0.05) is 12.2 Å².